The first-order valence-electron chi connectivity index (χ1n) is 9.24. The van der Waals surface area contributed by atoms with Gasteiger partial charge in [-0.25, -0.2) is 4.39 Å². The van der Waals surface area contributed by atoms with Crippen molar-refractivity contribution in [3.63, 3.8) is 0 Å². The predicted octanol–water partition coefficient (Wildman–Crippen LogP) is 6.03. The molecule has 0 bridgehead atoms. The third kappa shape index (κ3) is 5.68. The second-order valence-electron chi connectivity index (χ2n) is 6.82. The van der Waals surface area contributed by atoms with Crippen molar-refractivity contribution in [2.45, 2.75) is 33.3 Å². The second kappa shape index (κ2) is 9.18. The van der Waals surface area contributed by atoms with E-state index in [1.807, 2.05) is 55.5 Å². The van der Waals surface area contributed by atoms with E-state index in [2.05, 4.69) is 0 Å². The van der Waals surface area contributed by atoms with Crippen LogP contribution in [0.5, 0.6) is 17.2 Å². The molecule has 0 saturated carbocycles. The maximum Gasteiger partial charge on any atom is 0.165 e. The van der Waals surface area contributed by atoms with E-state index in [1.165, 1.54) is 13.0 Å². The monoisotopic (exact) mass is 378 g/mol. The van der Waals surface area contributed by atoms with Gasteiger partial charge in [0.2, 0.25) is 0 Å². The highest BCUT2D eigenvalue weighted by molar-refractivity contribution is 5.75. The number of carbonyl (C=O) groups excluding carboxylic acids is 1. The smallest absolute Gasteiger partial charge is 0.165 e. The van der Waals surface area contributed by atoms with Crippen LogP contribution in [0.15, 0.2) is 66.7 Å². The van der Waals surface area contributed by atoms with Crippen LogP contribution in [-0.2, 0) is 17.8 Å². The summed E-state index contributed by atoms with van der Waals surface area (Å²) < 4.78 is 25.8. The van der Waals surface area contributed by atoms with Crippen LogP contribution in [-0.4, -0.2) is 5.78 Å². The number of halogens is 1. The van der Waals surface area contributed by atoms with E-state index in [0.717, 1.165) is 22.4 Å². The summed E-state index contributed by atoms with van der Waals surface area (Å²) in [6.45, 7) is 3.77. The molecule has 0 aliphatic rings. The number of ether oxygens (including phenoxy) is 2. The van der Waals surface area contributed by atoms with Crippen LogP contribution in [0.3, 0.4) is 0 Å². The standard InChI is InChI=1S/C24H23FO3/c1-17-5-3-7-21(13-17)28-22-8-4-6-20(14-22)16-27-24-12-11-19(15-23(24)25)10-9-18(2)26/h3-8,11-15H,9-10,16H2,1-2H3. The molecule has 0 amide bonds. The maximum absolute atomic E-state index is 14.2. The van der Waals surface area contributed by atoms with Crippen molar-refractivity contribution in [1.29, 1.82) is 0 Å². The van der Waals surface area contributed by atoms with Crippen LogP contribution >= 0.6 is 0 Å². The normalized spacial score (nSPS) is 10.5. The molecule has 0 saturated heterocycles. The Hall–Kier alpha value is -3.14. The van der Waals surface area contributed by atoms with Gasteiger partial charge in [-0.3, -0.25) is 0 Å². The van der Waals surface area contributed by atoms with Gasteiger partial charge in [-0.15, -0.1) is 0 Å². The van der Waals surface area contributed by atoms with Gasteiger partial charge < -0.3 is 14.3 Å². The molecular weight excluding hydrogens is 355 g/mol. The summed E-state index contributed by atoms with van der Waals surface area (Å²) in [6, 6.07) is 20.2. The number of hydrogen-bond acceptors (Lipinski definition) is 3. The summed E-state index contributed by atoms with van der Waals surface area (Å²) in [7, 11) is 0. The van der Waals surface area contributed by atoms with Crippen molar-refractivity contribution in [3.8, 4) is 17.2 Å². The van der Waals surface area contributed by atoms with Crippen molar-refractivity contribution in [1.82, 2.24) is 0 Å². The van der Waals surface area contributed by atoms with Gasteiger partial charge in [0.05, 0.1) is 0 Å². The number of rotatable bonds is 8. The zero-order valence-electron chi connectivity index (χ0n) is 16.1. The molecule has 3 aromatic rings. The van der Waals surface area contributed by atoms with Gasteiger partial charge in [0.25, 0.3) is 0 Å². The number of hydrogen-bond donors (Lipinski definition) is 0. The van der Waals surface area contributed by atoms with Gasteiger partial charge in [0.1, 0.15) is 23.9 Å². The Kier molecular flexibility index (Phi) is 6.43. The summed E-state index contributed by atoms with van der Waals surface area (Å²) in [5.41, 5.74) is 2.79. The lowest BCUT2D eigenvalue weighted by atomic mass is 10.1. The topological polar surface area (TPSA) is 35.5 Å². The summed E-state index contributed by atoms with van der Waals surface area (Å²) in [5.74, 6) is 1.33. The highest BCUT2D eigenvalue weighted by Gasteiger charge is 2.07. The first-order chi connectivity index (χ1) is 13.5. The Morgan fingerprint density at radius 2 is 1.68 bits per heavy atom. The SMILES string of the molecule is CC(=O)CCc1ccc(OCc2cccc(Oc3cccc(C)c3)c2)c(F)c1. The maximum atomic E-state index is 14.2. The van der Waals surface area contributed by atoms with E-state index >= 15 is 0 Å². The van der Waals surface area contributed by atoms with Gasteiger partial charge in [0.15, 0.2) is 11.6 Å². The number of carbonyl (C=O) groups is 1. The minimum atomic E-state index is -0.423. The quantitative estimate of drug-likeness (QED) is 0.480. The Morgan fingerprint density at radius 1 is 0.929 bits per heavy atom. The summed E-state index contributed by atoms with van der Waals surface area (Å²) in [5, 5.41) is 0. The molecule has 0 radical (unpaired) electrons. The van der Waals surface area contributed by atoms with E-state index in [9.17, 15) is 9.18 Å². The molecule has 0 unspecified atom stereocenters. The fourth-order valence-corrected chi connectivity index (χ4v) is 2.81. The summed E-state index contributed by atoms with van der Waals surface area (Å²) in [4.78, 5) is 11.1. The van der Waals surface area contributed by atoms with E-state index in [1.54, 1.807) is 12.1 Å². The average molecular weight is 378 g/mol. The molecule has 3 rings (SSSR count). The van der Waals surface area contributed by atoms with Crippen molar-refractivity contribution in [3.05, 3.63) is 89.2 Å². The molecule has 3 nitrogen and oxygen atoms in total. The molecule has 3 aromatic carbocycles. The number of ketones is 1. The zero-order chi connectivity index (χ0) is 19.9. The first kappa shape index (κ1) is 19.6. The van der Waals surface area contributed by atoms with Crippen LogP contribution in [0.2, 0.25) is 0 Å². The van der Waals surface area contributed by atoms with Crippen molar-refractivity contribution < 1.29 is 18.7 Å². The highest BCUT2D eigenvalue weighted by Crippen LogP contribution is 2.25. The van der Waals surface area contributed by atoms with Crippen LogP contribution in [0, 0.1) is 12.7 Å². The summed E-state index contributed by atoms with van der Waals surface area (Å²) in [6.07, 6.45) is 0.943. The molecule has 0 aliphatic heterocycles. The Bertz CT molecular complexity index is 966. The van der Waals surface area contributed by atoms with E-state index < -0.39 is 5.82 Å². The minimum Gasteiger partial charge on any atom is -0.486 e. The second-order valence-corrected chi connectivity index (χ2v) is 6.82. The average Bonchev–Trinajstić information content (AvgIpc) is 2.66. The molecule has 0 heterocycles. The molecule has 0 atom stereocenters. The molecule has 0 aromatic heterocycles. The van der Waals surface area contributed by atoms with Gasteiger partial charge in [-0.2, -0.15) is 0 Å². The molecule has 4 heteroatoms. The lowest BCUT2D eigenvalue weighted by Gasteiger charge is -2.11. The Labute approximate surface area is 164 Å². The summed E-state index contributed by atoms with van der Waals surface area (Å²) >= 11 is 0. The number of benzene rings is 3. The molecule has 0 aliphatic carbocycles. The molecule has 0 fully saturated rings. The zero-order valence-corrected chi connectivity index (χ0v) is 16.1. The fraction of sp³-hybridized carbons (Fsp3) is 0.208. The van der Waals surface area contributed by atoms with Crippen molar-refractivity contribution in [2.75, 3.05) is 0 Å². The van der Waals surface area contributed by atoms with Gasteiger partial charge in [0, 0.05) is 6.42 Å². The lowest BCUT2D eigenvalue weighted by molar-refractivity contribution is -0.116. The van der Waals surface area contributed by atoms with E-state index in [4.69, 9.17) is 9.47 Å². The van der Waals surface area contributed by atoms with Crippen molar-refractivity contribution in [2.24, 2.45) is 0 Å². The molecule has 0 spiro atoms. The molecule has 144 valence electrons. The molecule has 0 N–H and O–H groups in total. The lowest BCUT2D eigenvalue weighted by Crippen LogP contribution is -1.99. The predicted molar refractivity (Wildman–Crippen MR) is 107 cm³/mol. The van der Waals surface area contributed by atoms with Gasteiger partial charge >= 0.3 is 0 Å². The number of Topliss-reactive ketones (excluding diaryl/α,β-unsaturated/α-hetero) is 1. The van der Waals surface area contributed by atoms with Crippen LogP contribution < -0.4 is 9.47 Å². The Morgan fingerprint density at radius 3 is 2.39 bits per heavy atom. The third-order valence-electron chi connectivity index (χ3n) is 4.28. The minimum absolute atomic E-state index is 0.0912. The largest absolute Gasteiger partial charge is 0.486 e. The van der Waals surface area contributed by atoms with Gasteiger partial charge in [-0.05, 0) is 73.4 Å². The number of aryl methyl sites for hydroxylation is 2. The first-order valence-corrected chi connectivity index (χ1v) is 9.24. The third-order valence-corrected chi connectivity index (χ3v) is 4.28. The highest BCUT2D eigenvalue weighted by atomic mass is 19.1. The van der Waals surface area contributed by atoms with Crippen LogP contribution in [0.4, 0.5) is 4.39 Å². The molecule has 28 heavy (non-hydrogen) atoms. The Balaban J connectivity index is 1.62. The van der Waals surface area contributed by atoms with E-state index in [-0.39, 0.29) is 18.1 Å². The fourth-order valence-electron chi connectivity index (χ4n) is 2.81. The van der Waals surface area contributed by atoms with Crippen LogP contribution in [0.1, 0.15) is 30.0 Å². The van der Waals surface area contributed by atoms with E-state index in [0.29, 0.717) is 18.6 Å². The van der Waals surface area contributed by atoms with Crippen LogP contribution in [0.25, 0.3) is 0 Å². The van der Waals surface area contributed by atoms with Crippen molar-refractivity contribution >= 4 is 5.78 Å². The van der Waals surface area contributed by atoms with Gasteiger partial charge in [-0.1, -0.05) is 30.3 Å². The molecular formula is C24H23FO3.